The highest BCUT2D eigenvalue weighted by molar-refractivity contribution is 7.98. The Morgan fingerprint density at radius 3 is 2.16 bits per heavy atom. The van der Waals surface area contributed by atoms with E-state index in [0.717, 1.165) is 35.9 Å². The highest BCUT2D eigenvalue weighted by Crippen LogP contribution is 2.34. The van der Waals surface area contributed by atoms with E-state index >= 15 is 0 Å². The van der Waals surface area contributed by atoms with Gasteiger partial charge < -0.3 is 0 Å². The lowest BCUT2D eigenvalue weighted by atomic mass is 10.1. The fourth-order valence-corrected chi connectivity index (χ4v) is 5.04. The van der Waals surface area contributed by atoms with Gasteiger partial charge in [0.15, 0.2) is 9.84 Å². The van der Waals surface area contributed by atoms with Crippen LogP contribution in [0, 0.1) is 18.6 Å². The number of halogens is 2. The van der Waals surface area contributed by atoms with Crippen molar-refractivity contribution in [1.82, 2.24) is 0 Å². The SMILES string of the molecule is CSCCCCC(c1cc(F)cc(F)c1)S(=O)(=O)c1ccc(C)cc1. The van der Waals surface area contributed by atoms with Crippen LogP contribution in [0.2, 0.25) is 0 Å². The molecule has 25 heavy (non-hydrogen) atoms. The maximum absolute atomic E-state index is 13.6. The number of thioether (sulfide) groups is 1. The van der Waals surface area contributed by atoms with E-state index in [4.69, 9.17) is 0 Å². The summed E-state index contributed by atoms with van der Waals surface area (Å²) in [5, 5.41) is -0.956. The van der Waals surface area contributed by atoms with Crippen molar-refractivity contribution in [2.45, 2.75) is 36.3 Å². The van der Waals surface area contributed by atoms with Crippen molar-refractivity contribution in [3.8, 4) is 0 Å². The van der Waals surface area contributed by atoms with Crippen LogP contribution in [0.1, 0.15) is 35.6 Å². The first-order valence-electron chi connectivity index (χ1n) is 8.10. The highest BCUT2D eigenvalue weighted by Gasteiger charge is 2.29. The lowest BCUT2D eigenvalue weighted by Gasteiger charge is -2.19. The smallest absolute Gasteiger partial charge is 0.185 e. The summed E-state index contributed by atoms with van der Waals surface area (Å²) in [5.41, 5.74) is 1.12. The zero-order valence-corrected chi connectivity index (χ0v) is 16.0. The van der Waals surface area contributed by atoms with E-state index in [1.54, 1.807) is 36.0 Å². The molecule has 0 radical (unpaired) electrons. The third-order valence-corrected chi connectivity index (χ3v) is 6.93. The van der Waals surface area contributed by atoms with Crippen LogP contribution in [-0.2, 0) is 9.84 Å². The molecule has 0 bridgehead atoms. The van der Waals surface area contributed by atoms with E-state index in [2.05, 4.69) is 0 Å². The van der Waals surface area contributed by atoms with Crippen LogP contribution in [0.3, 0.4) is 0 Å². The molecule has 0 saturated heterocycles. The van der Waals surface area contributed by atoms with Crippen LogP contribution in [0.5, 0.6) is 0 Å². The predicted molar refractivity (Wildman–Crippen MR) is 99.7 cm³/mol. The summed E-state index contributed by atoms with van der Waals surface area (Å²) in [6.45, 7) is 1.87. The van der Waals surface area contributed by atoms with E-state index in [9.17, 15) is 17.2 Å². The molecular formula is C19H22F2O2S2. The lowest BCUT2D eigenvalue weighted by molar-refractivity contribution is 0.559. The molecule has 0 aromatic heterocycles. The minimum absolute atomic E-state index is 0.169. The summed E-state index contributed by atoms with van der Waals surface area (Å²) in [5.74, 6) is -0.596. The molecule has 1 unspecified atom stereocenters. The van der Waals surface area contributed by atoms with Gasteiger partial charge in [-0.2, -0.15) is 11.8 Å². The normalized spacial score (nSPS) is 13.0. The minimum atomic E-state index is -3.73. The van der Waals surface area contributed by atoms with Crippen LogP contribution >= 0.6 is 11.8 Å². The molecule has 0 amide bonds. The number of hydrogen-bond donors (Lipinski definition) is 0. The number of benzene rings is 2. The van der Waals surface area contributed by atoms with Gasteiger partial charge in [0.2, 0.25) is 0 Å². The van der Waals surface area contributed by atoms with Gasteiger partial charge >= 0.3 is 0 Å². The monoisotopic (exact) mass is 384 g/mol. The van der Waals surface area contributed by atoms with Gasteiger partial charge in [0.25, 0.3) is 0 Å². The largest absolute Gasteiger partial charge is 0.223 e. The Kier molecular flexibility index (Phi) is 7.02. The molecular weight excluding hydrogens is 362 g/mol. The second-order valence-corrected chi connectivity index (χ2v) is 9.15. The second kappa shape index (κ2) is 8.81. The summed E-state index contributed by atoms with van der Waals surface area (Å²) < 4.78 is 53.4. The predicted octanol–water partition coefficient (Wildman–Crippen LogP) is 5.32. The number of aryl methyl sites for hydroxylation is 1. The molecule has 2 aromatic carbocycles. The summed E-state index contributed by atoms with van der Waals surface area (Å²) in [7, 11) is -3.73. The Morgan fingerprint density at radius 2 is 1.60 bits per heavy atom. The Labute approximate surface area is 152 Å². The highest BCUT2D eigenvalue weighted by atomic mass is 32.2. The number of hydrogen-bond acceptors (Lipinski definition) is 3. The van der Waals surface area contributed by atoms with Gasteiger partial charge in [-0.05, 0) is 61.6 Å². The third kappa shape index (κ3) is 5.28. The van der Waals surface area contributed by atoms with Crippen LogP contribution in [0.25, 0.3) is 0 Å². The Bertz CT molecular complexity index is 782. The quantitative estimate of drug-likeness (QED) is 0.578. The van der Waals surface area contributed by atoms with E-state index < -0.39 is 26.7 Å². The van der Waals surface area contributed by atoms with E-state index in [0.29, 0.717) is 12.8 Å². The molecule has 0 aliphatic rings. The zero-order chi connectivity index (χ0) is 18.4. The topological polar surface area (TPSA) is 34.1 Å². The molecule has 2 aromatic rings. The fraction of sp³-hybridized carbons (Fsp3) is 0.368. The van der Waals surface area contributed by atoms with Gasteiger partial charge in [-0.15, -0.1) is 0 Å². The van der Waals surface area contributed by atoms with Gasteiger partial charge in [-0.3, -0.25) is 0 Å². The standard InChI is InChI=1S/C19H22F2O2S2/c1-14-6-8-18(9-7-14)25(22,23)19(5-3-4-10-24-2)15-11-16(20)13-17(21)12-15/h6-9,11-13,19H,3-5,10H2,1-2H3. The number of unbranched alkanes of at least 4 members (excludes halogenated alkanes) is 1. The summed E-state index contributed by atoms with van der Waals surface area (Å²) in [6, 6.07) is 9.55. The first-order valence-corrected chi connectivity index (χ1v) is 11.0. The first kappa shape index (κ1) is 19.9. The van der Waals surface area contributed by atoms with Crippen LogP contribution in [0.4, 0.5) is 8.78 Å². The zero-order valence-electron chi connectivity index (χ0n) is 14.3. The van der Waals surface area contributed by atoms with Crippen molar-refractivity contribution in [2.75, 3.05) is 12.0 Å². The van der Waals surface area contributed by atoms with Gasteiger partial charge in [0.1, 0.15) is 11.6 Å². The fourth-order valence-electron chi connectivity index (χ4n) is 2.73. The third-order valence-electron chi connectivity index (χ3n) is 4.05. The number of sulfone groups is 1. The first-order chi connectivity index (χ1) is 11.8. The van der Waals surface area contributed by atoms with Crippen LogP contribution in [-0.4, -0.2) is 20.4 Å². The summed E-state index contributed by atoms with van der Waals surface area (Å²) >= 11 is 1.69. The molecule has 1 atom stereocenters. The average Bonchev–Trinajstić information content (AvgIpc) is 2.54. The maximum atomic E-state index is 13.6. The molecule has 2 rings (SSSR count). The van der Waals surface area contributed by atoms with Crippen molar-refractivity contribution in [3.05, 3.63) is 65.2 Å². The van der Waals surface area contributed by atoms with Gasteiger partial charge in [0.05, 0.1) is 10.1 Å². The van der Waals surface area contributed by atoms with Crippen molar-refractivity contribution in [3.63, 3.8) is 0 Å². The maximum Gasteiger partial charge on any atom is 0.185 e. The molecule has 0 saturated carbocycles. The Morgan fingerprint density at radius 1 is 1.00 bits per heavy atom. The van der Waals surface area contributed by atoms with Crippen LogP contribution < -0.4 is 0 Å². The van der Waals surface area contributed by atoms with Gasteiger partial charge in [-0.1, -0.05) is 24.1 Å². The second-order valence-electron chi connectivity index (χ2n) is 6.04. The van der Waals surface area contributed by atoms with Crippen molar-refractivity contribution in [2.24, 2.45) is 0 Å². The molecule has 136 valence electrons. The van der Waals surface area contributed by atoms with Crippen molar-refractivity contribution < 1.29 is 17.2 Å². The Hall–Kier alpha value is -1.40. The van der Waals surface area contributed by atoms with Crippen molar-refractivity contribution >= 4 is 21.6 Å². The van der Waals surface area contributed by atoms with Crippen LogP contribution in [0.15, 0.2) is 47.4 Å². The molecule has 0 fully saturated rings. The molecule has 0 aliphatic heterocycles. The minimum Gasteiger partial charge on any atom is -0.223 e. The van der Waals surface area contributed by atoms with E-state index in [1.807, 2.05) is 13.2 Å². The molecule has 0 spiro atoms. The molecule has 2 nitrogen and oxygen atoms in total. The van der Waals surface area contributed by atoms with E-state index in [-0.39, 0.29) is 10.5 Å². The summed E-state index contributed by atoms with van der Waals surface area (Å²) in [4.78, 5) is 0.178. The lowest BCUT2D eigenvalue weighted by Crippen LogP contribution is -2.15. The summed E-state index contributed by atoms with van der Waals surface area (Å²) in [6.07, 6.45) is 3.86. The van der Waals surface area contributed by atoms with Gasteiger partial charge in [-0.25, -0.2) is 17.2 Å². The Balaban J connectivity index is 2.40. The average molecular weight is 385 g/mol. The number of rotatable bonds is 8. The molecule has 0 heterocycles. The molecule has 6 heteroatoms. The molecule has 0 N–H and O–H groups in total. The molecule has 0 aliphatic carbocycles. The van der Waals surface area contributed by atoms with E-state index in [1.165, 1.54) is 0 Å². The van der Waals surface area contributed by atoms with Crippen molar-refractivity contribution in [1.29, 1.82) is 0 Å². The van der Waals surface area contributed by atoms with Gasteiger partial charge in [0, 0.05) is 6.07 Å².